The van der Waals surface area contributed by atoms with Crippen LogP contribution in [0.1, 0.15) is 49.0 Å². The molecule has 1 aliphatic heterocycles. The van der Waals surface area contributed by atoms with Crippen molar-refractivity contribution in [2.45, 2.75) is 37.9 Å². The Balaban J connectivity index is 1.31. The number of methoxy groups -OCH3 is 1. The van der Waals surface area contributed by atoms with Crippen molar-refractivity contribution in [3.63, 3.8) is 0 Å². The summed E-state index contributed by atoms with van der Waals surface area (Å²) >= 11 is 0. The predicted molar refractivity (Wildman–Crippen MR) is 105 cm³/mol. The van der Waals surface area contributed by atoms with Crippen molar-refractivity contribution in [2.24, 2.45) is 15.9 Å². The number of rotatable bonds is 5. The fraction of sp³-hybridized carbons (Fsp3) is 0.391. The molecular formula is C23H21F3N2O2. The molecule has 0 spiro atoms. The van der Waals surface area contributed by atoms with Gasteiger partial charge in [0.05, 0.1) is 18.6 Å². The maximum Gasteiger partial charge on any atom is 0.249 e. The largest absolute Gasteiger partial charge is 0.497 e. The van der Waals surface area contributed by atoms with Crippen molar-refractivity contribution in [1.82, 2.24) is 5.01 Å². The Morgan fingerprint density at radius 2 is 1.87 bits per heavy atom. The molecule has 4 nitrogen and oxygen atoms in total. The minimum atomic E-state index is -1.17. The third kappa shape index (κ3) is 2.75. The van der Waals surface area contributed by atoms with Crippen LogP contribution in [0.15, 0.2) is 47.6 Å². The molecule has 2 bridgehead atoms. The fourth-order valence-corrected chi connectivity index (χ4v) is 5.41. The van der Waals surface area contributed by atoms with Gasteiger partial charge in [0.25, 0.3) is 0 Å². The summed E-state index contributed by atoms with van der Waals surface area (Å²) in [4.78, 5) is 13.2. The summed E-state index contributed by atoms with van der Waals surface area (Å²) in [5, 5.41) is 5.51. The molecule has 30 heavy (non-hydrogen) atoms. The third-order valence-corrected chi connectivity index (χ3v) is 6.76. The van der Waals surface area contributed by atoms with E-state index >= 15 is 4.39 Å². The predicted octanol–water partition coefficient (Wildman–Crippen LogP) is 5.11. The van der Waals surface area contributed by atoms with E-state index in [1.165, 1.54) is 17.1 Å². The fourth-order valence-electron chi connectivity index (χ4n) is 5.41. The van der Waals surface area contributed by atoms with Crippen LogP contribution in [-0.2, 0) is 4.79 Å². The molecule has 1 amide bonds. The quantitative estimate of drug-likeness (QED) is 0.682. The molecule has 2 aromatic rings. The monoisotopic (exact) mass is 414 g/mol. The van der Waals surface area contributed by atoms with Gasteiger partial charge in [-0.15, -0.1) is 0 Å². The van der Waals surface area contributed by atoms with Crippen LogP contribution in [0.4, 0.5) is 13.2 Å². The van der Waals surface area contributed by atoms with E-state index in [9.17, 15) is 13.6 Å². The second-order valence-corrected chi connectivity index (χ2v) is 8.71. The molecule has 2 atom stereocenters. The first kappa shape index (κ1) is 19.2. The van der Waals surface area contributed by atoms with E-state index in [1.807, 2.05) is 0 Å². The number of ether oxygens (including phenoxy) is 1. The molecule has 0 saturated heterocycles. The Kier molecular flexibility index (Phi) is 4.21. The molecule has 3 saturated carbocycles. The van der Waals surface area contributed by atoms with Crippen molar-refractivity contribution in [3.05, 3.63) is 65.2 Å². The Morgan fingerprint density at radius 1 is 1.17 bits per heavy atom. The van der Waals surface area contributed by atoms with Crippen LogP contribution in [0.3, 0.4) is 0 Å². The number of hydrazone groups is 1. The second-order valence-electron chi connectivity index (χ2n) is 8.71. The standard InChI is InChI=1S/C23H21F3N2O2/c1-30-18-4-2-3-14(9-18)20(26)22-11-23(12-22,13-22)21(29)28-19(5-6-27-28)15-7-16(24)10-17(25)8-15/h2-4,6-10,19-20H,5,11-13H2,1H3. The van der Waals surface area contributed by atoms with Crippen LogP contribution in [-0.4, -0.2) is 24.2 Å². The van der Waals surface area contributed by atoms with Gasteiger partial charge in [-0.2, -0.15) is 5.10 Å². The van der Waals surface area contributed by atoms with Crippen molar-refractivity contribution >= 4 is 12.1 Å². The summed E-state index contributed by atoms with van der Waals surface area (Å²) in [7, 11) is 1.54. The van der Waals surface area contributed by atoms with Gasteiger partial charge in [0.2, 0.25) is 5.91 Å². The Labute approximate surface area is 172 Å². The molecule has 7 heteroatoms. The van der Waals surface area contributed by atoms with Gasteiger partial charge in [0.15, 0.2) is 0 Å². The third-order valence-electron chi connectivity index (χ3n) is 6.76. The zero-order chi connectivity index (χ0) is 21.1. The van der Waals surface area contributed by atoms with E-state index in [-0.39, 0.29) is 5.91 Å². The number of carbonyl (C=O) groups is 1. The molecule has 0 N–H and O–H groups in total. The molecule has 1 heterocycles. The van der Waals surface area contributed by atoms with Gasteiger partial charge in [-0.3, -0.25) is 4.79 Å². The summed E-state index contributed by atoms with van der Waals surface area (Å²) in [6.07, 6.45) is 2.16. The Hall–Kier alpha value is -2.83. The highest BCUT2D eigenvalue weighted by molar-refractivity contribution is 5.88. The number of benzene rings is 2. The minimum absolute atomic E-state index is 0.189. The molecule has 156 valence electrons. The lowest BCUT2D eigenvalue weighted by Crippen LogP contribution is -2.69. The zero-order valence-corrected chi connectivity index (χ0v) is 16.4. The van der Waals surface area contributed by atoms with Crippen LogP contribution in [0.2, 0.25) is 0 Å². The molecule has 3 aliphatic carbocycles. The number of hydrogen-bond donors (Lipinski definition) is 0. The first-order valence-corrected chi connectivity index (χ1v) is 9.96. The van der Waals surface area contributed by atoms with Crippen LogP contribution in [0, 0.1) is 22.5 Å². The lowest BCUT2D eigenvalue weighted by atomic mass is 9.33. The van der Waals surface area contributed by atoms with Gasteiger partial charge < -0.3 is 4.74 Å². The Bertz CT molecular complexity index is 1010. The molecule has 6 rings (SSSR count). The molecule has 3 fully saturated rings. The smallest absolute Gasteiger partial charge is 0.249 e. The highest BCUT2D eigenvalue weighted by Crippen LogP contribution is 2.78. The number of alkyl halides is 1. The number of carbonyl (C=O) groups excluding carboxylic acids is 1. The summed E-state index contributed by atoms with van der Waals surface area (Å²) < 4.78 is 47.7. The number of nitrogens with zero attached hydrogens (tertiary/aromatic N) is 2. The van der Waals surface area contributed by atoms with Gasteiger partial charge in [-0.1, -0.05) is 12.1 Å². The van der Waals surface area contributed by atoms with Gasteiger partial charge >= 0.3 is 0 Å². The molecule has 2 aromatic carbocycles. The second kappa shape index (κ2) is 6.59. The number of amides is 1. The SMILES string of the molecule is COc1cccc(C(F)C23CC(C(=O)N4N=CCC4c4cc(F)cc(F)c4)(C2)C3)c1. The lowest BCUT2D eigenvalue weighted by molar-refractivity contribution is -0.242. The maximum atomic E-state index is 15.3. The zero-order valence-electron chi connectivity index (χ0n) is 16.4. The highest BCUT2D eigenvalue weighted by Gasteiger charge is 2.75. The summed E-state index contributed by atoms with van der Waals surface area (Å²) in [5.74, 6) is -0.964. The maximum absolute atomic E-state index is 15.3. The van der Waals surface area contributed by atoms with Crippen molar-refractivity contribution in [2.75, 3.05) is 7.11 Å². The van der Waals surface area contributed by atoms with E-state index in [2.05, 4.69) is 5.10 Å². The average molecular weight is 414 g/mol. The van der Waals surface area contributed by atoms with Crippen molar-refractivity contribution in [1.29, 1.82) is 0 Å². The first-order valence-electron chi connectivity index (χ1n) is 9.96. The van der Waals surface area contributed by atoms with E-state index in [1.54, 1.807) is 37.6 Å². The topological polar surface area (TPSA) is 41.9 Å². The summed E-state index contributed by atoms with van der Waals surface area (Å²) in [6, 6.07) is 9.68. The lowest BCUT2D eigenvalue weighted by Gasteiger charge is -2.70. The van der Waals surface area contributed by atoms with Crippen LogP contribution < -0.4 is 4.74 Å². The molecule has 0 aromatic heterocycles. The van der Waals surface area contributed by atoms with E-state index in [0.29, 0.717) is 42.6 Å². The van der Waals surface area contributed by atoms with Crippen molar-refractivity contribution < 1.29 is 22.7 Å². The van der Waals surface area contributed by atoms with E-state index in [4.69, 9.17) is 4.74 Å². The summed E-state index contributed by atoms with van der Waals surface area (Å²) in [6.45, 7) is 0. The van der Waals surface area contributed by atoms with Crippen LogP contribution in [0.5, 0.6) is 5.75 Å². The molecule has 2 unspecified atom stereocenters. The molecule has 0 radical (unpaired) electrons. The van der Waals surface area contributed by atoms with E-state index < -0.39 is 34.7 Å². The summed E-state index contributed by atoms with van der Waals surface area (Å²) in [5.41, 5.74) is -0.234. The number of halogens is 3. The molecule has 4 aliphatic rings. The van der Waals surface area contributed by atoms with Gasteiger partial charge in [0.1, 0.15) is 23.6 Å². The van der Waals surface area contributed by atoms with Crippen LogP contribution >= 0.6 is 0 Å². The minimum Gasteiger partial charge on any atom is -0.497 e. The van der Waals surface area contributed by atoms with E-state index in [0.717, 1.165) is 6.07 Å². The van der Waals surface area contributed by atoms with Gasteiger partial charge in [0, 0.05) is 24.1 Å². The normalized spacial score (nSPS) is 29.9. The van der Waals surface area contributed by atoms with Crippen LogP contribution in [0.25, 0.3) is 0 Å². The average Bonchev–Trinajstić information content (AvgIpc) is 3.15. The Morgan fingerprint density at radius 3 is 2.53 bits per heavy atom. The van der Waals surface area contributed by atoms with Gasteiger partial charge in [-0.25, -0.2) is 18.2 Å². The highest BCUT2D eigenvalue weighted by atomic mass is 19.1. The van der Waals surface area contributed by atoms with Crippen molar-refractivity contribution in [3.8, 4) is 5.75 Å². The first-order chi connectivity index (χ1) is 14.4. The molecular weight excluding hydrogens is 393 g/mol. The number of hydrogen-bond acceptors (Lipinski definition) is 3. The van der Waals surface area contributed by atoms with Gasteiger partial charge in [-0.05, 0) is 54.7 Å².